The summed E-state index contributed by atoms with van der Waals surface area (Å²) in [6, 6.07) is 0. The summed E-state index contributed by atoms with van der Waals surface area (Å²) in [5.74, 6) is 0.761. The second-order valence-electron chi connectivity index (χ2n) is 6.77. The fourth-order valence-corrected chi connectivity index (χ4v) is 4.08. The third kappa shape index (κ3) is 3.21. The smallest absolute Gasteiger partial charge is 0.239 e. The Labute approximate surface area is 134 Å². The summed E-state index contributed by atoms with van der Waals surface area (Å²) in [6.07, 6.45) is 6.28. The maximum atomic E-state index is 12.0. The Hall–Kier alpha value is -1.69. The van der Waals surface area contributed by atoms with Gasteiger partial charge in [0.05, 0.1) is 11.9 Å². The van der Waals surface area contributed by atoms with Gasteiger partial charge in [-0.2, -0.15) is 0 Å². The van der Waals surface area contributed by atoms with Crippen LogP contribution in [-0.2, 0) is 17.6 Å². The van der Waals surface area contributed by atoms with Crippen molar-refractivity contribution in [2.24, 2.45) is 0 Å². The van der Waals surface area contributed by atoms with Gasteiger partial charge in [-0.25, -0.2) is 9.97 Å². The Morgan fingerprint density at radius 3 is 2.82 bits per heavy atom. The lowest BCUT2D eigenvalue weighted by molar-refractivity contribution is -0.120. The molecule has 2 aromatic rings. The fourth-order valence-electron chi connectivity index (χ4n) is 2.85. The van der Waals surface area contributed by atoms with Gasteiger partial charge in [-0.05, 0) is 52.0 Å². The molecule has 3 rings (SSSR count). The van der Waals surface area contributed by atoms with Crippen LogP contribution >= 0.6 is 11.3 Å². The predicted octanol–water partition coefficient (Wildman–Crippen LogP) is 2.90. The summed E-state index contributed by atoms with van der Waals surface area (Å²) in [4.78, 5) is 23.2. The van der Waals surface area contributed by atoms with Crippen molar-refractivity contribution in [1.29, 1.82) is 0 Å². The highest BCUT2D eigenvalue weighted by atomic mass is 32.1. The van der Waals surface area contributed by atoms with Gasteiger partial charge in [0.1, 0.15) is 17.0 Å². The number of carbonyl (C=O) groups is 1. The van der Waals surface area contributed by atoms with Crippen molar-refractivity contribution in [3.8, 4) is 0 Å². The number of hydrogen-bond donors (Lipinski definition) is 2. The molecule has 0 aliphatic heterocycles. The van der Waals surface area contributed by atoms with Crippen molar-refractivity contribution < 1.29 is 4.79 Å². The van der Waals surface area contributed by atoms with Crippen LogP contribution in [0.5, 0.6) is 0 Å². The van der Waals surface area contributed by atoms with Crippen LogP contribution in [0, 0.1) is 0 Å². The monoisotopic (exact) mass is 318 g/mol. The lowest BCUT2D eigenvalue weighted by atomic mass is 9.97. The van der Waals surface area contributed by atoms with E-state index in [-0.39, 0.29) is 18.0 Å². The topological polar surface area (TPSA) is 66.9 Å². The van der Waals surface area contributed by atoms with E-state index in [4.69, 9.17) is 0 Å². The number of hydrogen-bond acceptors (Lipinski definition) is 5. The lowest BCUT2D eigenvalue weighted by Crippen LogP contribution is -2.43. The fraction of sp³-hybridized carbons (Fsp3) is 0.562. The quantitative estimate of drug-likeness (QED) is 0.913. The van der Waals surface area contributed by atoms with Gasteiger partial charge in [-0.3, -0.25) is 4.79 Å². The average molecular weight is 318 g/mol. The first kappa shape index (κ1) is 15.2. The van der Waals surface area contributed by atoms with Crippen molar-refractivity contribution >= 4 is 33.3 Å². The summed E-state index contributed by atoms with van der Waals surface area (Å²) in [6.45, 7) is 6.16. The molecule has 0 saturated carbocycles. The number of anilines is 1. The van der Waals surface area contributed by atoms with Crippen molar-refractivity contribution in [2.75, 3.05) is 11.9 Å². The Kier molecular flexibility index (Phi) is 4.04. The zero-order valence-electron chi connectivity index (χ0n) is 13.3. The Balaban J connectivity index is 1.82. The van der Waals surface area contributed by atoms with Gasteiger partial charge in [-0.1, -0.05) is 0 Å². The van der Waals surface area contributed by atoms with Crippen LogP contribution < -0.4 is 10.6 Å². The molecule has 0 spiro atoms. The van der Waals surface area contributed by atoms with Gasteiger partial charge in [0.2, 0.25) is 5.91 Å². The third-order valence-corrected chi connectivity index (χ3v) is 4.88. The molecule has 2 N–H and O–H groups in total. The number of aryl methyl sites for hydroxylation is 2. The number of rotatable bonds is 3. The van der Waals surface area contributed by atoms with E-state index in [0.717, 1.165) is 28.9 Å². The molecule has 1 aliphatic rings. The van der Waals surface area contributed by atoms with Gasteiger partial charge in [0.15, 0.2) is 0 Å². The number of nitrogens with zero attached hydrogens (tertiary/aromatic N) is 2. The van der Waals surface area contributed by atoms with Crippen molar-refractivity contribution in [3.05, 3.63) is 16.8 Å². The second-order valence-corrected chi connectivity index (χ2v) is 7.85. The van der Waals surface area contributed by atoms with Gasteiger partial charge in [-0.15, -0.1) is 11.3 Å². The highest BCUT2D eigenvalue weighted by Crippen LogP contribution is 2.37. The number of nitrogens with one attached hydrogen (secondary N) is 2. The first-order chi connectivity index (χ1) is 10.4. The molecule has 0 aromatic carbocycles. The summed E-state index contributed by atoms with van der Waals surface area (Å²) in [5.41, 5.74) is 1.16. The molecule has 2 aromatic heterocycles. The van der Waals surface area contributed by atoms with Crippen molar-refractivity contribution in [2.45, 2.75) is 52.0 Å². The number of thiophene rings is 1. The molecule has 0 radical (unpaired) electrons. The van der Waals surface area contributed by atoms with Gasteiger partial charge in [0, 0.05) is 10.4 Å². The van der Waals surface area contributed by atoms with Crippen LogP contribution in [0.2, 0.25) is 0 Å². The molecule has 6 heteroatoms. The molecular weight excluding hydrogens is 296 g/mol. The Bertz CT molecular complexity index is 702. The van der Waals surface area contributed by atoms with Crippen molar-refractivity contribution in [3.63, 3.8) is 0 Å². The van der Waals surface area contributed by atoms with E-state index in [1.54, 1.807) is 17.7 Å². The minimum atomic E-state index is -0.221. The van der Waals surface area contributed by atoms with Crippen LogP contribution in [0.25, 0.3) is 10.2 Å². The van der Waals surface area contributed by atoms with Gasteiger partial charge >= 0.3 is 0 Å². The van der Waals surface area contributed by atoms with E-state index in [9.17, 15) is 4.79 Å². The zero-order valence-corrected chi connectivity index (χ0v) is 14.1. The normalized spacial score (nSPS) is 14.7. The summed E-state index contributed by atoms with van der Waals surface area (Å²) in [7, 11) is 0. The second kappa shape index (κ2) is 5.83. The molecule has 118 valence electrons. The number of carbonyl (C=O) groups excluding carboxylic acids is 1. The first-order valence-electron chi connectivity index (χ1n) is 7.74. The minimum absolute atomic E-state index is 0.0247. The van der Waals surface area contributed by atoms with Crippen LogP contribution in [0.15, 0.2) is 6.33 Å². The molecule has 22 heavy (non-hydrogen) atoms. The van der Waals surface area contributed by atoms with E-state index in [2.05, 4.69) is 20.6 Å². The minimum Gasteiger partial charge on any atom is -0.360 e. The molecule has 1 aliphatic carbocycles. The van der Waals surface area contributed by atoms with E-state index >= 15 is 0 Å². The van der Waals surface area contributed by atoms with E-state index < -0.39 is 0 Å². The Morgan fingerprint density at radius 1 is 1.27 bits per heavy atom. The third-order valence-electron chi connectivity index (χ3n) is 3.68. The highest BCUT2D eigenvalue weighted by molar-refractivity contribution is 7.19. The molecule has 0 fully saturated rings. The summed E-state index contributed by atoms with van der Waals surface area (Å²) in [5, 5.41) is 7.26. The predicted molar refractivity (Wildman–Crippen MR) is 90.4 cm³/mol. The summed E-state index contributed by atoms with van der Waals surface area (Å²) < 4.78 is 0. The molecule has 5 nitrogen and oxygen atoms in total. The standard InChI is InChI=1S/C16H22N4OS/c1-16(2,3)20-12(21)8-17-14-13-10-6-4-5-7-11(10)22-15(13)19-9-18-14/h9H,4-8H2,1-3H3,(H,20,21)(H,17,18,19). The van der Waals surface area contributed by atoms with E-state index in [0.29, 0.717) is 0 Å². The molecule has 0 saturated heterocycles. The van der Waals surface area contributed by atoms with Crippen LogP contribution in [0.1, 0.15) is 44.1 Å². The first-order valence-corrected chi connectivity index (χ1v) is 8.56. The number of amides is 1. The largest absolute Gasteiger partial charge is 0.360 e. The van der Waals surface area contributed by atoms with Crippen LogP contribution in [0.3, 0.4) is 0 Å². The van der Waals surface area contributed by atoms with E-state index in [1.165, 1.54) is 23.3 Å². The number of aromatic nitrogens is 2. The van der Waals surface area contributed by atoms with Gasteiger partial charge < -0.3 is 10.6 Å². The average Bonchev–Trinajstić information content (AvgIpc) is 2.82. The van der Waals surface area contributed by atoms with Crippen LogP contribution in [-0.4, -0.2) is 28.0 Å². The van der Waals surface area contributed by atoms with E-state index in [1.807, 2.05) is 20.8 Å². The molecule has 2 heterocycles. The maximum absolute atomic E-state index is 12.0. The maximum Gasteiger partial charge on any atom is 0.239 e. The molecule has 0 atom stereocenters. The molecule has 1 amide bonds. The highest BCUT2D eigenvalue weighted by Gasteiger charge is 2.20. The Morgan fingerprint density at radius 2 is 2.05 bits per heavy atom. The summed E-state index contributed by atoms with van der Waals surface area (Å²) >= 11 is 1.77. The number of fused-ring (bicyclic) bond motifs is 3. The lowest BCUT2D eigenvalue weighted by Gasteiger charge is -2.20. The SMILES string of the molecule is CC(C)(C)NC(=O)CNc1ncnc2sc3c(c12)CCCC3. The molecule has 0 bridgehead atoms. The van der Waals surface area contributed by atoms with Gasteiger partial charge in [0.25, 0.3) is 0 Å². The van der Waals surface area contributed by atoms with Crippen molar-refractivity contribution in [1.82, 2.24) is 15.3 Å². The zero-order chi connectivity index (χ0) is 15.7. The molecular formula is C16H22N4OS. The van der Waals surface area contributed by atoms with Crippen LogP contribution in [0.4, 0.5) is 5.82 Å². The molecule has 0 unspecified atom stereocenters.